The molecule has 2 heterocycles. The molecule has 2 aromatic rings. The zero-order valence-corrected chi connectivity index (χ0v) is 14.8. The van der Waals surface area contributed by atoms with Gasteiger partial charge < -0.3 is 19.9 Å². The Morgan fingerprint density at radius 1 is 1.19 bits per heavy atom. The molecule has 2 N–H and O–H groups in total. The summed E-state index contributed by atoms with van der Waals surface area (Å²) in [5, 5.41) is 6.58. The molecule has 146 valence electrons. The van der Waals surface area contributed by atoms with Crippen LogP contribution in [0, 0.1) is 0 Å². The predicted molar refractivity (Wildman–Crippen MR) is 97.0 cm³/mol. The molecule has 0 aliphatic carbocycles. The van der Waals surface area contributed by atoms with Gasteiger partial charge in [-0.3, -0.25) is 4.79 Å². The van der Waals surface area contributed by atoms with E-state index in [2.05, 4.69) is 10.6 Å². The van der Waals surface area contributed by atoms with Crippen LogP contribution in [0.15, 0.2) is 47.4 Å². The van der Waals surface area contributed by atoms with E-state index in [1.807, 2.05) is 12.1 Å². The molecule has 0 spiro atoms. The zero-order chi connectivity index (χ0) is 19.3. The summed E-state index contributed by atoms with van der Waals surface area (Å²) in [4.78, 5) is 11.8. The van der Waals surface area contributed by atoms with Gasteiger partial charge in [-0.05, 0) is 30.2 Å². The van der Waals surface area contributed by atoms with Gasteiger partial charge in [-0.25, -0.2) is 0 Å². The van der Waals surface area contributed by atoms with Crippen LogP contribution in [-0.4, -0.2) is 36.9 Å². The fraction of sp³-hybridized carbons (Fsp3) is 0.421. The lowest BCUT2D eigenvalue weighted by Crippen LogP contribution is -2.39. The van der Waals surface area contributed by atoms with Gasteiger partial charge in [0.15, 0.2) is 0 Å². The second-order valence-corrected chi connectivity index (χ2v) is 6.49. The first-order chi connectivity index (χ1) is 12.9. The molecule has 1 unspecified atom stereocenters. The van der Waals surface area contributed by atoms with Gasteiger partial charge in [0.05, 0.1) is 24.8 Å². The van der Waals surface area contributed by atoms with E-state index in [0.717, 1.165) is 66.8 Å². The van der Waals surface area contributed by atoms with E-state index in [9.17, 15) is 18.0 Å². The smallest absolute Gasteiger partial charge is 0.385 e. The van der Waals surface area contributed by atoms with Gasteiger partial charge in [0, 0.05) is 37.6 Å². The van der Waals surface area contributed by atoms with Gasteiger partial charge in [0.1, 0.15) is 0 Å². The SMILES string of the molecule is O=c1ccc(C(F)(F)F)cn1Cc1ccc(NCCC2CNCCO2)cc1. The molecular weight excluding hydrogens is 359 g/mol. The molecule has 1 aliphatic rings. The minimum absolute atomic E-state index is 0.0879. The number of ether oxygens (including phenoxy) is 1. The lowest BCUT2D eigenvalue weighted by atomic mass is 10.2. The molecule has 0 saturated carbocycles. The monoisotopic (exact) mass is 381 g/mol. The number of hydrogen-bond acceptors (Lipinski definition) is 4. The molecule has 1 aromatic heterocycles. The first-order valence-corrected chi connectivity index (χ1v) is 8.84. The number of benzene rings is 1. The van der Waals surface area contributed by atoms with E-state index in [-0.39, 0.29) is 12.6 Å². The molecule has 3 rings (SSSR count). The van der Waals surface area contributed by atoms with Crippen molar-refractivity contribution in [2.75, 3.05) is 31.6 Å². The zero-order valence-electron chi connectivity index (χ0n) is 14.8. The molecular formula is C19H22F3N3O2. The number of alkyl halides is 3. The molecule has 8 heteroatoms. The Kier molecular flexibility index (Phi) is 6.18. The van der Waals surface area contributed by atoms with Crippen LogP contribution in [-0.2, 0) is 17.5 Å². The van der Waals surface area contributed by atoms with Crippen LogP contribution >= 0.6 is 0 Å². The molecule has 1 saturated heterocycles. The van der Waals surface area contributed by atoms with Gasteiger partial charge >= 0.3 is 6.18 Å². The number of hydrogen-bond donors (Lipinski definition) is 2. The second-order valence-electron chi connectivity index (χ2n) is 6.49. The quantitative estimate of drug-likeness (QED) is 0.808. The lowest BCUT2D eigenvalue weighted by molar-refractivity contribution is -0.138. The minimum atomic E-state index is -4.47. The van der Waals surface area contributed by atoms with Gasteiger partial charge in [-0.1, -0.05) is 12.1 Å². The summed E-state index contributed by atoms with van der Waals surface area (Å²) in [5.41, 5.74) is 0.367. The third-order valence-corrected chi connectivity index (χ3v) is 4.42. The molecule has 5 nitrogen and oxygen atoms in total. The maximum absolute atomic E-state index is 12.8. The number of nitrogens with zero attached hydrogens (tertiary/aromatic N) is 1. The van der Waals surface area contributed by atoms with Crippen molar-refractivity contribution in [3.8, 4) is 0 Å². The van der Waals surface area contributed by atoms with Gasteiger partial charge in [0.2, 0.25) is 0 Å². The van der Waals surface area contributed by atoms with Gasteiger partial charge in [-0.15, -0.1) is 0 Å². The van der Waals surface area contributed by atoms with E-state index in [4.69, 9.17) is 4.74 Å². The summed E-state index contributed by atoms with van der Waals surface area (Å²) in [7, 11) is 0. The number of pyridine rings is 1. The third kappa shape index (κ3) is 5.58. The highest BCUT2D eigenvalue weighted by molar-refractivity contribution is 5.44. The van der Waals surface area contributed by atoms with Crippen LogP contribution in [0.4, 0.5) is 18.9 Å². The van der Waals surface area contributed by atoms with Crippen molar-refractivity contribution in [3.63, 3.8) is 0 Å². The molecule has 1 aromatic carbocycles. The molecule has 1 atom stereocenters. The average molecular weight is 381 g/mol. The minimum Gasteiger partial charge on any atom is -0.385 e. The topological polar surface area (TPSA) is 55.3 Å². The van der Waals surface area contributed by atoms with Crippen molar-refractivity contribution in [3.05, 3.63) is 64.1 Å². The number of anilines is 1. The Morgan fingerprint density at radius 2 is 1.96 bits per heavy atom. The molecule has 27 heavy (non-hydrogen) atoms. The van der Waals surface area contributed by atoms with E-state index in [1.165, 1.54) is 0 Å². The first-order valence-electron chi connectivity index (χ1n) is 8.84. The van der Waals surface area contributed by atoms with Crippen LogP contribution in [0.1, 0.15) is 17.5 Å². The largest absolute Gasteiger partial charge is 0.417 e. The van der Waals surface area contributed by atoms with Crippen LogP contribution < -0.4 is 16.2 Å². The first kappa shape index (κ1) is 19.4. The van der Waals surface area contributed by atoms with E-state index >= 15 is 0 Å². The van der Waals surface area contributed by atoms with E-state index in [1.54, 1.807) is 12.1 Å². The molecule has 0 bridgehead atoms. The Morgan fingerprint density at radius 3 is 2.63 bits per heavy atom. The normalized spacial score (nSPS) is 17.7. The molecule has 0 amide bonds. The predicted octanol–water partition coefficient (Wildman–Crippen LogP) is 2.71. The van der Waals surface area contributed by atoms with Gasteiger partial charge in [0.25, 0.3) is 5.56 Å². The number of aromatic nitrogens is 1. The highest BCUT2D eigenvalue weighted by Gasteiger charge is 2.31. The standard InChI is InChI=1S/C19H22F3N3O2/c20-19(21,22)15-3-6-18(26)25(13-15)12-14-1-4-16(5-2-14)24-8-7-17-11-23-9-10-27-17/h1-6,13,17,23-24H,7-12H2. The number of nitrogens with one attached hydrogen (secondary N) is 2. The summed E-state index contributed by atoms with van der Waals surface area (Å²) in [6.45, 7) is 3.32. The second kappa shape index (κ2) is 8.58. The fourth-order valence-corrected chi connectivity index (χ4v) is 2.93. The molecule has 1 aliphatic heterocycles. The number of rotatable bonds is 6. The van der Waals surface area contributed by atoms with Crippen molar-refractivity contribution in [2.24, 2.45) is 0 Å². The maximum Gasteiger partial charge on any atom is 0.417 e. The Balaban J connectivity index is 1.57. The van der Waals surface area contributed by atoms with Crippen LogP contribution in [0.5, 0.6) is 0 Å². The Labute approximate surface area is 155 Å². The van der Waals surface area contributed by atoms with Crippen molar-refractivity contribution >= 4 is 5.69 Å². The van der Waals surface area contributed by atoms with Crippen LogP contribution in [0.2, 0.25) is 0 Å². The third-order valence-electron chi connectivity index (χ3n) is 4.42. The molecule has 1 fully saturated rings. The number of halogens is 3. The van der Waals surface area contributed by atoms with Crippen LogP contribution in [0.3, 0.4) is 0 Å². The summed E-state index contributed by atoms with van der Waals surface area (Å²) < 4.78 is 45.1. The van der Waals surface area contributed by atoms with Crippen molar-refractivity contribution in [1.29, 1.82) is 0 Å². The lowest BCUT2D eigenvalue weighted by Gasteiger charge is -2.23. The maximum atomic E-state index is 12.8. The summed E-state index contributed by atoms with van der Waals surface area (Å²) in [6.07, 6.45) is -2.53. The van der Waals surface area contributed by atoms with Crippen molar-refractivity contribution in [2.45, 2.75) is 25.2 Å². The highest BCUT2D eigenvalue weighted by atomic mass is 19.4. The summed E-state index contributed by atoms with van der Waals surface area (Å²) in [5.74, 6) is 0. The number of morpholine rings is 1. The average Bonchev–Trinajstić information content (AvgIpc) is 2.65. The van der Waals surface area contributed by atoms with Crippen molar-refractivity contribution < 1.29 is 17.9 Å². The Bertz CT molecular complexity index is 797. The van der Waals surface area contributed by atoms with E-state index in [0.29, 0.717) is 0 Å². The van der Waals surface area contributed by atoms with E-state index < -0.39 is 17.3 Å². The Hall–Kier alpha value is -2.32. The molecule has 0 radical (unpaired) electrons. The van der Waals surface area contributed by atoms with Crippen molar-refractivity contribution in [1.82, 2.24) is 9.88 Å². The fourth-order valence-electron chi connectivity index (χ4n) is 2.93. The summed E-state index contributed by atoms with van der Waals surface area (Å²) >= 11 is 0. The van der Waals surface area contributed by atoms with Gasteiger partial charge in [-0.2, -0.15) is 13.2 Å². The van der Waals surface area contributed by atoms with Crippen LogP contribution in [0.25, 0.3) is 0 Å². The summed E-state index contributed by atoms with van der Waals surface area (Å²) in [6, 6.07) is 9.06. The highest BCUT2D eigenvalue weighted by Crippen LogP contribution is 2.28.